The lowest BCUT2D eigenvalue weighted by atomic mass is 10.0. The van der Waals surface area contributed by atoms with Crippen LogP contribution < -0.4 is 10.0 Å². The fourth-order valence-corrected chi connectivity index (χ4v) is 3.56. The zero-order valence-corrected chi connectivity index (χ0v) is 18.6. The number of nitrogens with one attached hydrogen (secondary N) is 2. The Morgan fingerprint density at radius 2 is 1.97 bits per heavy atom. The summed E-state index contributed by atoms with van der Waals surface area (Å²) < 4.78 is 29.9. The summed E-state index contributed by atoms with van der Waals surface area (Å²) in [6, 6.07) is 8.37. The van der Waals surface area contributed by atoms with Crippen molar-refractivity contribution in [1.29, 1.82) is 0 Å². The molecule has 0 aromatic heterocycles. The standard InChI is InChI=1S/C21H33N3O4S/c1-21(2,3)28-20(25)23-19-10-13-24(14-11-19)16-18-8-5-7-17(15-18)9-6-12-22-29(4,26)27/h5-9,15,19,22H,10-14,16H2,1-4H3,(H,23,25)/b9-6+. The van der Waals surface area contributed by atoms with Gasteiger partial charge >= 0.3 is 6.09 Å². The number of piperidine rings is 1. The van der Waals surface area contributed by atoms with Gasteiger partial charge in [-0.2, -0.15) is 0 Å². The van der Waals surface area contributed by atoms with E-state index in [1.807, 2.05) is 39.0 Å². The molecule has 1 fully saturated rings. The van der Waals surface area contributed by atoms with Gasteiger partial charge in [-0.3, -0.25) is 4.90 Å². The van der Waals surface area contributed by atoms with Crippen LogP contribution in [0.3, 0.4) is 0 Å². The van der Waals surface area contributed by atoms with E-state index in [1.54, 1.807) is 6.08 Å². The molecule has 1 heterocycles. The van der Waals surface area contributed by atoms with E-state index in [0.717, 1.165) is 44.3 Å². The molecule has 0 unspecified atom stereocenters. The summed E-state index contributed by atoms with van der Waals surface area (Å²) in [6.45, 7) is 8.55. The number of likely N-dealkylation sites (tertiary alicyclic amines) is 1. The molecule has 0 atom stereocenters. The first-order valence-electron chi connectivity index (χ1n) is 9.92. The summed E-state index contributed by atoms with van der Waals surface area (Å²) in [5.74, 6) is 0. The van der Waals surface area contributed by atoms with E-state index in [4.69, 9.17) is 4.74 Å². The van der Waals surface area contributed by atoms with Crippen molar-refractivity contribution in [2.75, 3.05) is 25.9 Å². The lowest BCUT2D eigenvalue weighted by Crippen LogP contribution is -2.45. The Labute approximate surface area is 174 Å². The van der Waals surface area contributed by atoms with E-state index < -0.39 is 15.6 Å². The number of hydrogen-bond acceptors (Lipinski definition) is 5. The van der Waals surface area contributed by atoms with Crippen LogP contribution in [0.15, 0.2) is 30.3 Å². The van der Waals surface area contributed by atoms with Crippen molar-refractivity contribution in [1.82, 2.24) is 14.9 Å². The van der Waals surface area contributed by atoms with Crippen molar-refractivity contribution in [3.63, 3.8) is 0 Å². The normalized spacial score (nSPS) is 16.8. The van der Waals surface area contributed by atoms with Crippen LogP contribution in [0.5, 0.6) is 0 Å². The van der Waals surface area contributed by atoms with Gasteiger partial charge in [0.25, 0.3) is 0 Å². The Hall–Kier alpha value is -1.90. The second-order valence-electron chi connectivity index (χ2n) is 8.46. The van der Waals surface area contributed by atoms with E-state index in [9.17, 15) is 13.2 Å². The molecule has 0 bridgehead atoms. The smallest absolute Gasteiger partial charge is 0.407 e. The SMILES string of the molecule is CC(C)(C)OC(=O)NC1CCN(Cc2cccc(/C=C/CNS(C)(=O)=O)c2)CC1. The van der Waals surface area contributed by atoms with Crippen molar-refractivity contribution in [2.24, 2.45) is 0 Å². The summed E-state index contributed by atoms with van der Waals surface area (Å²) >= 11 is 0. The average molecular weight is 424 g/mol. The van der Waals surface area contributed by atoms with Gasteiger partial charge in [-0.1, -0.05) is 36.4 Å². The summed E-state index contributed by atoms with van der Waals surface area (Å²) in [7, 11) is -3.17. The van der Waals surface area contributed by atoms with Gasteiger partial charge in [0.1, 0.15) is 5.60 Å². The number of rotatable bonds is 7. The molecule has 8 heteroatoms. The highest BCUT2D eigenvalue weighted by molar-refractivity contribution is 7.88. The van der Waals surface area contributed by atoms with E-state index >= 15 is 0 Å². The first kappa shape index (κ1) is 23.4. The number of benzene rings is 1. The van der Waals surface area contributed by atoms with E-state index in [1.165, 1.54) is 5.56 Å². The van der Waals surface area contributed by atoms with Crippen molar-refractivity contribution in [2.45, 2.75) is 51.8 Å². The molecule has 29 heavy (non-hydrogen) atoms. The third-order valence-corrected chi connectivity index (χ3v) is 5.13. The summed E-state index contributed by atoms with van der Waals surface area (Å²) in [6.07, 6.45) is 6.31. The Bertz CT molecular complexity index is 807. The first-order valence-corrected chi connectivity index (χ1v) is 11.8. The number of amides is 1. The second-order valence-corrected chi connectivity index (χ2v) is 10.3. The second kappa shape index (κ2) is 10.2. The van der Waals surface area contributed by atoms with Crippen molar-refractivity contribution in [3.8, 4) is 0 Å². The number of alkyl carbamates (subject to hydrolysis) is 1. The fourth-order valence-electron chi connectivity index (χ4n) is 3.16. The number of carbonyl (C=O) groups is 1. The number of ether oxygens (including phenoxy) is 1. The summed E-state index contributed by atoms with van der Waals surface area (Å²) in [5.41, 5.74) is 1.77. The Kier molecular flexibility index (Phi) is 8.24. The molecule has 1 saturated heterocycles. The molecule has 0 radical (unpaired) electrons. The highest BCUT2D eigenvalue weighted by atomic mass is 32.2. The summed E-state index contributed by atoms with van der Waals surface area (Å²) in [5, 5.41) is 2.96. The molecule has 1 aliphatic rings. The molecular formula is C21H33N3O4S. The molecule has 2 rings (SSSR count). The molecule has 7 nitrogen and oxygen atoms in total. The van der Waals surface area contributed by atoms with Crippen LogP contribution in [0.1, 0.15) is 44.7 Å². The van der Waals surface area contributed by atoms with Crippen LogP contribution in [0.4, 0.5) is 4.79 Å². The Morgan fingerprint density at radius 1 is 1.28 bits per heavy atom. The maximum atomic E-state index is 11.9. The van der Waals surface area contributed by atoms with Gasteiger partial charge in [0.15, 0.2) is 0 Å². The van der Waals surface area contributed by atoms with Crippen molar-refractivity contribution in [3.05, 3.63) is 41.5 Å². The topological polar surface area (TPSA) is 87.7 Å². The lowest BCUT2D eigenvalue weighted by molar-refractivity contribution is 0.0477. The van der Waals surface area contributed by atoms with Crippen molar-refractivity contribution < 1.29 is 17.9 Å². The van der Waals surface area contributed by atoms with Gasteiger partial charge in [0, 0.05) is 32.2 Å². The molecule has 0 aliphatic carbocycles. The van der Waals surface area contributed by atoms with Crippen LogP contribution >= 0.6 is 0 Å². The maximum absolute atomic E-state index is 11.9. The fraction of sp³-hybridized carbons (Fsp3) is 0.571. The molecule has 1 amide bonds. The van der Waals surface area contributed by atoms with Crippen LogP contribution in [0.25, 0.3) is 6.08 Å². The minimum absolute atomic E-state index is 0.151. The average Bonchev–Trinajstić information content (AvgIpc) is 2.58. The third-order valence-electron chi connectivity index (χ3n) is 4.44. The molecule has 1 aromatic rings. The van der Waals surface area contributed by atoms with E-state index in [2.05, 4.69) is 27.1 Å². The first-order chi connectivity index (χ1) is 13.5. The summed E-state index contributed by atoms with van der Waals surface area (Å²) in [4.78, 5) is 14.3. The predicted octanol–water partition coefficient (Wildman–Crippen LogP) is 2.74. The minimum atomic E-state index is -3.17. The van der Waals surface area contributed by atoms with Gasteiger partial charge < -0.3 is 10.1 Å². The molecule has 0 saturated carbocycles. The highest BCUT2D eigenvalue weighted by Crippen LogP contribution is 2.16. The lowest BCUT2D eigenvalue weighted by Gasteiger charge is -2.32. The quantitative estimate of drug-likeness (QED) is 0.704. The van der Waals surface area contributed by atoms with Gasteiger partial charge in [0.05, 0.1) is 6.26 Å². The molecule has 162 valence electrons. The van der Waals surface area contributed by atoms with Crippen molar-refractivity contribution >= 4 is 22.2 Å². The zero-order chi connectivity index (χ0) is 21.5. The number of hydrogen-bond donors (Lipinski definition) is 2. The molecule has 1 aliphatic heterocycles. The van der Waals surface area contributed by atoms with Crippen LogP contribution in [0.2, 0.25) is 0 Å². The van der Waals surface area contributed by atoms with E-state index in [0.29, 0.717) is 0 Å². The monoisotopic (exact) mass is 423 g/mol. The zero-order valence-electron chi connectivity index (χ0n) is 17.8. The molecule has 0 spiro atoms. The number of carbonyl (C=O) groups excluding carboxylic acids is 1. The van der Waals surface area contributed by atoms with Crippen LogP contribution in [-0.4, -0.2) is 56.9 Å². The Balaban J connectivity index is 1.79. The predicted molar refractivity (Wildman–Crippen MR) is 116 cm³/mol. The minimum Gasteiger partial charge on any atom is -0.444 e. The third kappa shape index (κ3) is 9.92. The van der Waals surface area contributed by atoms with Gasteiger partial charge in [0.2, 0.25) is 10.0 Å². The molecular weight excluding hydrogens is 390 g/mol. The van der Waals surface area contributed by atoms with E-state index in [-0.39, 0.29) is 18.7 Å². The molecule has 2 N–H and O–H groups in total. The van der Waals surface area contributed by atoms with Gasteiger partial charge in [-0.15, -0.1) is 0 Å². The maximum Gasteiger partial charge on any atom is 0.407 e. The highest BCUT2D eigenvalue weighted by Gasteiger charge is 2.23. The number of sulfonamides is 1. The largest absolute Gasteiger partial charge is 0.444 e. The molecule has 1 aromatic carbocycles. The Morgan fingerprint density at radius 3 is 2.59 bits per heavy atom. The van der Waals surface area contributed by atoms with Crippen LogP contribution in [0, 0.1) is 0 Å². The van der Waals surface area contributed by atoms with Gasteiger partial charge in [-0.25, -0.2) is 17.9 Å². The van der Waals surface area contributed by atoms with Gasteiger partial charge in [-0.05, 0) is 44.7 Å². The number of nitrogens with zero attached hydrogens (tertiary/aromatic N) is 1. The van der Waals surface area contributed by atoms with Crippen LogP contribution in [-0.2, 0) is 21.3 Å².